The van der Waals surface area contributed by atoms with E-state index in [0.29, 0.717) is 25.3 Å². The average Bonchev–Trinajstić information content (AvgIpc) is 3.22. The molecule has 1 aliphatic rings. The van der Waals surface area contributed by atoms with E-state index in [9.17, 15) is 4.79 Å². The number of carbonyl (C=O) groups excluding carboxylic acids is 1. The Morgan fingerprint density at radius 2 is 2.25 bits per heavy atom. The van der Waals surface area contributed by atoms with Gasteiger partial charge in [-0.3, -0.25) is 9.48 Å². The van der Waals surface area contributed by atoms with Gasteiger partial charge < -0.3 is 14.6 Å². The minimum absolute atomic E-state index is 0.0324. The topological polar surface area (TPSA) is 87.1 Å². The molecule has 0 unspecified atom stereocenters. The molecular weight excluding hydrogens is 306 g/mol. The third-order valence-electron chi connectivity index (χ3n) is 4.76. The quantitative estimate of drug-likeness (QED) is 0.899. The highest BCUT2D eigenvalue weighted by Gasteiger charge is 2.39. The van der Waals surface area contributed by atoms with E-state index in [1.54, 1.807) is 12.1 Å². The SMILES string of the molecule is Cc1c([C@H]2[C@H](CNCc3ccc(C#N)o3)CC(=O)N2C)cnn1C. The first kappa shape index (κ1) is 16.3. The molecule has 0 bridgehead atoms. The average molecular weight is 327 g/mol. The lowest BCUT2D eigenvalue weighted by Gasteiger charge is -2.25. The van der Waals surface area contributed by atoms with Crippen molar-refractivity contribution >= 4 is 5.91 Å². The molecule has 126 valence electrons. The molecule has 1 aliphatic heterocycles. The highest BCUT2D eigenvalue weighted by Crippen LogP contribution is 2.37. The minimum Gasteiger partial charge on any atom is -0.449 e. The number of nitrogens with zero attached hydrogens (tertiary/aromatic N) is 4. The number of aryl methyl sites for hydroxylation is 1. The van der Waals surface area contributed by atoms with Gasteiger partial charge in [0.25, 0.3) is 0 Å². The second kappa shape index (κ2) is 6.49. The van der Waals surface area contributed by atoms with Crippen molar-refractivity contribution in [1.82, 2.24) is 20.0 Å². The van der Waals surface area contributed by atoms with Crippen LogP contribution in [0.3, 0.4) is 0 Å². The normalized spacial score (nSPS) is 20.6. The van der Waals surface area contributed by atoms with Crippen molar-refractivity contribution in [1.29, 1.82) is 5.26 Å². The standard InChI is InChI=1S/C17H21N5O2/c1-11-15(10-20-22(11)3)17-12(6-16(23)21(17)2)8-19-9-14-5-4-13(7-18)24-14/h4-5,10,12,17,19H,6,8-9H2,1-3H3/t12-,17+/m0/s1. The van der Waals surface area contributed by atoms with E-state index >= 15 is 0 Å². The van der Waals surface area contributed by atoms with Crippen molar-refractivity contribution in [3.8, 4) is 6.07 Å². The number of nitriles is 1. The van der Waals surface area contributed by atoms with Gasteiger partial charge in [0.05, 0.1) is 18.8 Å². The summed E-state index contributed by atoms with van der Waals surface area (Å²) in [5, 5.41) is 16.4. The number of nitrogens with one attached hydrogen (secondary N) is 1. The molecule has 7 nitrogen and oxygen atoms in total. The predicted octanol–water partition coefficient (Wildman–Crippen LogP) is 1.50. The largest absolute Gasteiger partial charge is 0.449 e. The maximum Gasteiger partial charge on any atom is 0.223 e. The Kier molecular flexibility index (Phi) is 4.40. The molecular formula is C17H21N5O2. The van der Waals surface area contributed by atoms with Crippen molar-refractivity contribution in [2.75, 3.05) is 13.6 Å². The van der Waals surface area contributed by atoms with Gasteiger partial charge in [-0.2, -0.15) is 10.4 Å². The Balaban J connectivity index is 1.68. The molecule has 3 rings (SSSR count). The van der Waals surface area contributed by atoms with Crippen LogP contribution in [0.15, 0.2) is 22.7 Å². The molecule has 1 N–H and O–H groups in total. The van der Waals surface area contributed by atoms with Crippen molar-refractivity contribution in [3.63, 3.8) is 0 Å². The molecule has 7 heteroatoms. The van der Waals surface area contributed by atoms with E-state index in [-0.39, 0.29) is 17.9 Å². The second-order valence-corrected chi connectivity index (χ2v) is 6.23. The summed E-state index contributed by atoms with van der Waals surface area (Å²) >= 11 is 0. The molecule has 24 heavy (non-hydrogen) atoms. The molecule has 3 heterocycles. The number of furan rings is 1. The molecule has 0 aromatic carbocycles. The van der Waals surface area contributed by atoms with Crippen molar-refractivity contribution in [3.05, 3.63) is 41.1 Å². The number of hydrogen-bond donors (Lipinski definition) is 1. The third kappa shape index (κ3) is 2.93. The molecule has 2 aromatic rings. The number of aromatic nitrogens is 2. The summed E-state index contributed by atoms with van der Waals surface area (Å²) < 4.78 is 7.20. The Labute approximate surface area is 140 Å². The summed E-state index contributed by atoms with van der Waals surface area (Å²) in [7, 11) is 3.76. The summed E-state index contributed by atoms with van der Waals surface area (Å²) in [6.07, 6.45) is 2.37. The smallest absolute Gasteiger partial charge is 0.223 e. The predicted molar refractivity (Wildman–Crippen MR) is 86.7 cm³/mol. The Hall–Kier alpha value is -2.59. The van der Waals surface area contributed by atoms with Gasteiger partial charge >= 0.3 is 0 Å². The molecule has 1 fully saturated rings. The van der Waals surface area contributed by atoms with Gasteiger partial charge in [0.15, 0.2) is 0 Å². The Bertz CT molecular complexity index is 785. The number of amides is 1. The van der Waals surface area contributed by atoms with E-state index in [2.05, 4.69) is 10.4 Å². The van der Waals surface area contributed by atoms with Crippen LogP contribution in [0.4, 0.5) is 0 Å². The second-order valence-electron chi connectivity index (χ2n) is 6.23. The van der Waals surface area contributed by atoms with Crippen LogP contribution in [0.1, 0.15) is 35.2 Å². The zero-order valence-corrected chi connectivity index (χ0v) is 14.1. The van der Waals surface area contributed by atoms with Crippen LogP contribution in [0.25, 0.3) is 0 Å². The van der Waals surface area contributed by atoms with Crippen LogP contribution in [0.5, 0.6) is 0 Å². The number of likely N-dealkylation sites (tertiary alicyclic amines) is 1. The lowest BCUT2D eigenvalue weighted by molar-refractivity contribution is -0.127. The van der Waals surface area contributed by atoms with Gasteiger partial charge in [-0.15, -0.1) is 0 Å². The number of rotatable bonds is 5. The molecule has 2 atom stereocenters. The van der Waals surface area contributed by atoms with Crippen LogP contribution < -0.4 is 5.32 Å². The highest BCUT2D eigenvalue weighted by molar-refractivity contribution is 5.79. The van der Waals surface area contributed by atoms with Gasteiger partial charge in [0.1, 0.15) is 11.8 Å². The summed E-state index contributed by atoms with van der Waals surface area (Å²) in [6, 6.07) is 5.46. The highest BCUT2D eigenvalue weighted by atomic mass is 16.3. The van der Waals surface area contributed by atoms with E-state index in [0.717, 1.165) is 17.0 Å². The van der Waals surface area contributed by atoms with Crippen LogP contribution in [0, 0.1) is 24.2 Å². The maximum atomic E-state index is 12.2. The third-order valence-corrected chi connectivity index (χ3v) is 4.76. The molecule has 1 saturated heterocycles. The lowest BCUT2D eigenvalue weighted by Crippen LogP contribution is -2.29. The molecule has 0 aliphatic carbocycles. The zero-order chi connectivity index (χ0) is 17.3. The fourth-order valence-corrected chi connectivity index (χ4v) is 3.32. The first-order valence-electron chi connectivity index (χ1n) is 7.95. The van der Waals surface area contributed by atoms with Crippen LogP contribution in [0.2, 0.25) is 0 Å². The van der Waals surface area contributed by atoms with E-state index in [1.165, 1.54) is 0 Å². The van der Waals surface area contributed by atoms with Crippen LogP contribution >= 0.6 is 0 Å². The van der Waals surface area contributed by atoms with E-state index in [4.69, 9.17) is 9.68 Å². The molecule has 0 saturated carbocycles. The summed E-state index contributed by atoms with van der Waals surface area (Å²) in [4.78, 5) is 14.0. The Morgan fingerprint density at radius 1 is 1.46 bits per heavy atom. The van der Waals surface area contributed by atoms with Gasteiger partial charge in [-0.25, -0.2) is 0 Å². The monoisotopic (exact) mass is 327 g/mol. The fraction of sp³-hybridized carbons (Fsp3) is 0.471. The molecule has 0 spiro atoms. The van der Waals surface area contributed by atoms with Crippen molar-refractivity contribution in [2.45, 2.75) is 25.9 Å². The van der Waals surface area contributed by atoms with Crippen molar-refractivity contribution in [2.24, 2.45) is 13.0 Å². The fourth-order valence-electron chi connectivity index (χ4n) is 3.32. The molecule has 2 aromatic heterocycles. The van der Waals surface area contributed by atoms with E-state index < -0.39 is 0 Å². The van der Waals surface area contributed by atoms with Gasteiger partial charge in [-0.05, 0) is 19.1 Å². The summed E-state index contributed by atoms with van der Waals surface area (Å²) in [5.74, 6) is 1.36. The van der Waals surface area contributed by atoms with Crippen LogP contribution in [-0.4, -0.2) is 34.2 Å². The molecule has 1 amide bonds. The summed E-state index contributed by atoms with van der Waals surface area (Å²) in [6.45, 7) is 3.25. The first-order chi connectivity index (χ1) is 11.5. The number of carbonyl (C=O) groups is 1. The molecule has 0 radical (unpaired) electrons. The first-order valence-corrected chi connectivity index (χ1v) is 7.95. The minimum atomic E-state index is 0.0324. The zero-order valence-electron chi connectivity index (χ0n) is 14.1. The summed E-state index contributed by atoms with van der Waals surface area (Å²) in [5.41, 5.74) is 2.18. The Morgan fingerprint density at radius 3 is 2.88 bits per heavy atom. The van der Waals surface area contributed by atoms with Gasteiger partial charge in [0, 0.05) is 44.2 Å². The van der Waals surface area contributed by atoms with Gasteiger partial charge in [0.2, 0.25) is 11.7 Å². The van der Waals surface area contributed by atoms with E-state index in [1.807, 2.05) is 42.9 Å². The van der Waals surface area contributed by atoms with Crippen LogP contribution in [-0.2, 0) is 18.4 Å². The lowest BCUT2D eigenvalue weighted by atomic mass is 9.94. The van der Waals surface area contributed by atoms with Crippen molar-refractivity contribution < 1.29 is 9.21 Å². The maximum absolute atomic E-state index is 12.2. The van der Waals surface area contributed by atoms with Gasteiger partial charge in [-0.1, -0.05) is 0 Å². The number of hydrogen-bond acceptors (Lipinski definition) is 5.